The number of halogens is 1. The van der Waals surface area contributed by atoms with Crippen molar-refractivity contribution in [1.29, 1.82) is 0 Å². The topological polar surface area (TPSA) is 61.4 Å². The lowest BCUT2D eigenvalue weighted by Crippen LogP contribution is -2.37. The number of hydrogen-bond donors (Lipinski definition) is 3. The van der Waals surface area contributed by atoms with Crippen molar-refractivity contribution in [2.75, 3.05) is 18.5 Å². The van der Waals surface area contributed by atoms with Crippen LogP contribution < -0.4 is 10.6 Å². The molecule has 0 saturated carbocycles. The Hall–Kier alpha value is -1.62. The van der Waals surface area contributed by atoms with Crippen molar-refractivity contribution < 1.29 is 14.3 Å². The number of benzene rings is 1. The first-order valence-electron chi connectivity index (χ1n) is 6.35. The van der Waals surface area contributed by atoms with Crippen molar-refractivity contribution in [3.63, 3.8) is 0 Å². The van der Waals surface area contributed by atoms with Gasteiger partial charge in [-0.15, -0.1) is 0 Å². The Bertz CT molecular complexity index is 422. The lowest BCUT2D eigenvalue weighted by Gasteiger charge is -2.24. The fourth-order valence-electron chi connectivity index (χ4n) is 1.69. The molecule has 0 aromatic heterocycles. The van der Waals surface area contributed by atoms with Crippen molar-refractivity contribution in [2.45, 2.75) is 26.7 Å². The van der Waals surface area contributed by atoms with E-state index in [2.05, 4.69) is 10.6 Å². The highest BCUT2D eigenvalue weighted by Crippen LogP contribution is 2.20. The number of aliphatic hydroxyl groups is 1. The average Bonchev–Trinajstić information content (AvgIpc) is 2.37. The zero-order valence-electron chi connectivity index (χ0n) is 11.4. The van der Waals surface area contributed by atoms with E-state index in [1.54, 1.807) is 12.1 Å². The lowest BCUT2D eigenvalue weighted by atomic mass is 9.88. The van der Waals surface area contributed by atoms with Crippen LogP contribution in [0.1, 0.15) is 26.7 Å². The minimum absolute atomic E-state index is 0.102. The van der Waals surface area contributed by atoms with Gasteiger partial charge >= 0.3 is 6.03 Å². The Morgan fingerprint density at radius 2 is 2.05 bits per heavy atom. The van der Waals surface area contributed by atoms with Crippen molar-refractivity contribution in [3.8, 4) is 0 Å². The van der Waals surface area contributed by atoms with Gasteiger partial charge in [-0.1, -0.05) is 26.0 Å². The summed E-state index contributed by atoms with van der Waals surface area (Å²) >= 11 is 0. The van der Waals surface area contributed by atoms with E-state index < -0.39 is 11.8 Å². The maximum absolute atomic E-state index is 13.3. The van der Waals surface area contributed by atoms with Gasteiger partial charge in [0.2, 0.25) is 0 Å². The second-order valence-corrected chi connectivity index (χ2v) is 5.28. The van der Waals surface area contributed by atoms with Crippen molar-refractivity contribution in [3.05, 3.63) is 30.1 Å². The molecule has 2 amide bonds. The van der Waals surface area contributed by atoms with Crippen LogP contribution in [0.15, 0.2) is 24.3 Å². The van der Waals surface area contributed by atoms with Gasteiger partial charge in [0.1, 0.15) is 5.82 Å². The van der Waals surface area contributed by atoms with Gasteiger partial charge in [0, 0.05) is 13.2 Å². The zero-order chi connectivity index (χ0) is 14.3. The number of carbonyl (C=O) groups is 1. The van der Waals surface area contributed by atoms with Gasteiger partial charge in [-0.2, -0.15) is 0 Å². The highest BCUT2D eigenvalue weighted by Gasteiger charge is 2.18. The summed E-state index contributed by atoms with van der Waals surface area (Å²) in [5.41, 5.74) is 0.0585. The summed E-state index contributed by atoms with van der Waals surface area (Å²) in [7, 11) is 0. The number of hydrogen-bond acceptors (Lipinski definition) is 2. The first-order chi connectivity index (χ1) is 8.94. The molecule has 0 heterocycles. The van der Waals surface area contributed by atoms with Crippen LogP contribution in [0.5, 0.6) is 0 Å². The first-order valence-corrected chi connectivity index (χ1v) is 6.35. The zero-order valence-corrected chi connectivity index (χ0v) is 11.4. The average molecular weight is 268 g/mol. The summed E-state index contributed by atoms with van der Waals surface area (Å²) in [5.74, 6) is -0.461. The molecule has 0 saturated heterocycles. The normalized spacial score (nSPS) is 11.2. The van der Waals surface area contributed by atoms with E-state index in [0.29, 0.717) is 13.0 Å². The number of urea groups is 1. The van der Waals surface area contributed by atoms with E-state index in [-0.39, 0.29) is 17.7 Å². The minimum Gasteiger partial charge on any atom is -0.396 e. The molecular formula is C14H21FN2O2. The molecule has 0 unspecified atom stereocenters. The molecule has 0 aliphatic rings. The molecule has 3 N–H and O–H groups in total. The van der Waals surface area contributed by atoms with Gasteiger partial charge in [0.15, 0.2) is 0 Å². The third-order valence-corrected chi connectivity index (χ3v) is 2.86. The Morgan fingerprint density at radius 1 is 1.37 bits per heavy atom. The van der Waals surface area contributed by atoms with Gasteiger partial charge in [0.25, 0.3) is 0 Å². The maximum atomic E-state index is 13.3. The molecule has 19 heavy (non-hydrogen) atoms. The molecule has 0 atom stereocenters. The van der Waals surface area contributed by atoms with Gasteiger partial charge in [-0.25, -0.2) is 9.18 Å². The Labute approximate surface area is 113 Å². The molecule has 0 aliphatic heterocycles. The molecular weight excluding hydrogens is 247 g/mol. The number of carbonyl (C=O) groups excluding carboxylic acids is 1. The van der Waals surface area contributed by atoms with Crippen LogP contribution in [0.2, 0.25) is 0 Å². The van der Waals surface area contributed by atoms with Crippen LogP contribution in [0.4, 0.5) is 14.9 Å². The number of nitrogens with one attached hydrogen (secondary N) is 2. The summed E-state index contributed by atoms with van der Waals surface area (Å²) in [6, 6.07) is 5.59. The van der Waals surface area contributed by atoms with E-state index in [0.717, 1.165) is 6.42 Å². The van der Waals surface area contributed by atoms with Gasteiger partial charge < -0.3 is 15.7 Å². The van der Waals surface area contributed by atoms with E-state index in [1.807, 2.05) is 13.8 Å². The third kappa shape index (κ3) is 5.70. The minimum atomic E-state index is -0.461. The predicted molar refractivity (Wildman–Crippen MR) is 73.5 cm³/mol. The van der Waals surface area contributed by atoms with Crippen LogP contribution in [0.25, 0.3) is 0 Å². The fourth-order valence-corrected chi connectivity index (χ4v) is 1.69. The molecule has 106 valence electrons. The number of rotatable bonds is 6. The lowest BCUT2D eigenvalue weighted by molar-refractivity contribution is 0.227. The van der Waals surface area contributed by atoms with Crippen molar-refractivity contribution in [2.24, 2.45) is 5.41 Å². The highest BCUT2D eigenvalue weighted by molar-refractivity contribution is 5.89. The monoisotopic (exact) mass is 268 g/mol. The van der Waals surface area contributed by atoms with Crippen LogP contribution >= 0.6 is 0 Å². The molecule has 0 spiro atoms. The molecule has 5 heteroatoms. The summed E-state index contributed by atoms with van der Waals surface area (Å²) in [6.07, 6.45) is 1.51. The summed E-state index contributed by atoms with van der Waals surface area (Å²) in [4.78, 5) is 11.6. The second kappa shape index (κ2) is 7.09. The van der Waals surface area contributed by atoms with Crippen LogP contribution in [-0.2, 0) is 0 Å². The number of amides is 2. The first kappa shape index (κ1) is 15.4. The Balaban J connectivity index is 2.42. The summed E-state index contributed by atoms with van der Waals surface area (Å²) in [5, 5.41) is 14.0. The van der Waals surface area contributed by atoms with Crippen LogP contribution in [0, 0.1) is 11.2 Å². The van der Waals surface area contributed by atoms with Gasteiger partial charge in [-0.3, -0.25) is 0 Å². The van der Waals surface area contributed by atoms with E-state index >= 15 is 0 Å². The number of anilines is 1. The van der Waals surface area contributed by atoms with E-state index in [9.17, 15) is 9.18 Å². The van der Waals surface area contributed by atoms with Gasteiger partial charge in [-0.05, 0) is 30.4 Å². The molecule has 0 aliphatic carbocycles. The fraction of sp³-hybridized carbons (Fsp3) is 0.500. The quantitative estimate of drug-likeness (QED) is 0.743. The largest absolute Gasteiger partial charge is 0.396 e. The standard InChI is InChI=1S/C14H21FN2O2/c1-14(2,8-5-9-18)10-16-13(19)17-12-7-4-3-6-11(12)15/h3-4,6-7,18H,5,8-10H2,1-2H3,(H2,16,17,19). The molecule has 1 rings (SSSR count). The maximum Gasteiger partial charge on any atom is 0.319 e. The molecule has 0 radical (unpaired) electrons. The molecule has 0 fully saturated rings. The Kier molecular flexibility index (Phi) is 5.76. The highest BCUT2D eigenvalue weighted by atomic mass is 19.1. The molecule has 4 nitrogen and oxygen atoms in total. The Morgan fingerprint density at radius 3 is 2.68 bits per heavy atom. The summed E-state index contributed by atoms with van der Waals surface area (Å²) < 4.78 is 13.3. The van der Waals surface area contributed by atoms with Crippen molar-refractivity contribution >= 4 is 11.7 Å². The SMILES string of the molecule is CC(C)(CCCO)CNC(=O)Nc1ccccc1F. The number of aliphatic hydroxyl groups excluding tert-OH is 1. The second-order valence-electron chi connectivity index (χ2n) is 5.28. The van der Waals surface area contributed by atoms with Crippen molar-refractivity contribution in [1.82, 2.24) is 5.32 Å². The van der Waals surface area contributed by atoms with E-state index in [4.69, 9.17) is 5.11 Å². The third-order valence-electron chi connectivity index (χ3n) is 2.86. The van der Waals surface area contributed by atoms with Crippen LogP contribution in [0.3, 0.4) is 0 Å². The predicted octanol–water partition coefficient (Wildman–Crippen LogP) is 2.75. The molecule has 1 aromatic carbocycles. The summed E-state index contributed by atoms with van der Waals surface area (Å²) in [6.45, 7) is 4.62. The molecule has 1 aromatic rings. The van der Waals surface area contributed by atoms with E-state index in [1.165, 1.54) is 12.1 Å². The molecule has 0 bridgehead atoms. The van der Waals surface area contributed by atoms with Crippen LogP contribution in [-0.4, -0.2) is 24.3 Å². The number of para-hydroxylation sites is 1. The smallest absolute Gasteiger partial charge is 0.319 e. The van der Waals surface area contributed by atoms with Gasteiger partial charge in [0.05, 0.1) is 5.69 Å².